The van der Waals surface area contributed by atoms with E-state index in [1.807, 2.05) is 17.5 Å². The summed E-state index contributed by atoms with van der Waals surface area (Å²) >= 11 is 1.60. The molecule has 1 aromatic heterocycles. The van der Waals surface area contributed by atoms with Gasteiger partial charge in [0.1, 0.15) is 5.82 Å². The molecule has 1 atom stereocenters. The lowest BCUT2D eigenvalue weighted by molar-refractivity contribution is -0.898. The van der Waals surface area contributed by atoms with Crippen LogP contribution in [0.4, 0.5) is 4.39 Å². The highest BCUT2D eigenvalue weighted by molar-refractivity contribution is 7.10. The largest absolute Gasteiger partial charge is 0.339 e. The van der Waals surface area contributed by atoms with Crippen LogP contribution in [0.5, 0.6) is 0 Å². The minimum Gasteiger partial charge on any atom is -0.339 e. The van der Waals surface area contributed by atoms with Gasteiger partial charge in [0.05, 0.1) is 19.1 Å². The number of carbonyl (C=O) groups excluding carboxylic acids is 1. The first-order valence-corrected chi connectivity index (χ1v) is 9.41. The van der Waals surface area contributed by atoms with Crippen molar-refractivity contribution in [3.8, 4) is 0 Å². The second kappa shape index (κ2) is 7.90. The van der Waals surface area contributed by atoms with E-state index < -0.39 is 0 Å². The molecule has 2 aromatic rings. The Morgan fingerprint density at radius 2 is 2.00 bits per heavy atom. The lowest BCUT2D eigenvalue weighted by atomic mass is 9.99. The Bertz CT molecular complexity index is 649. The molecule has 2 heterocycles. The van der Waals surface area contributed by atoms with E-state index in [1.54, 1.807) is 23.5 Å². The van der Waals surface area contributed by atoms with E-state index in [4.69, 9.17) is 0 Å². The second-order valence-corrected chi connectivity index (χ2v) is 7.66. The van der Waals surface area contributed by atoms with Gasteiger partial charge in [-0.2, -0.15) is 0 Å². The van der Waals surface area contributed by atoms with Crippen molar-refractivity contribution < 1.29 is 14.1 Å². The van der Waals surface area contributed by atoms with Crippen molar-refractivity contribution in [1.29, 1.82) is 0 Å². The van der Waals surface area contributed by atoms with Gasteiger partial charge in [0.2, 0.25) is 0 Å². The van der Waals surface area contributed by atoms with Crippen LogP contribution in [0.2, 0.25) is 0 Å². The van der Waals surface area contributed by atoms with Crippen molar-refractivity contribution in [2.75, 3.05) is 19.6 Å². The molecule has 0 radical (unpaired) electrons. The van der Waals surface area contributed by atoms with Gasteiger partial charge >= 0.3 is 0 Å². The van der Waals surface area contributed by atoms with Crippen LogP contribution >= 0.6 is 11.3 Å². The SMILES string of the molecule is CC1CC[NH+](CC(=O)N[C@@H](c2ccc(F)cc2)c2cccs2)CC1. The van der Waals surface area contributed by atoms with Gasteiger partial charge in [0.15, 0.2) is 6.54 Å². The highest BCUT2D eigenvalue weighted by atomic mass is 32.1. The van der Waals surface area contributed by atoms with Crippen LogP contribution in [0.1, 0.15) is 36.2 Å². The minimum atomic E-state index is -0.262. The average Bonchev–Trinajstić information content (AvgIpc) is 3.10. The Morgan fingerprint density at radius 3 is 2.62 bits per heavy atom. The van der Waals surface area contributed by atoms with Gasteiger partial charge in [0.25, 0.3) is 5.91 Å². The van der Waals surface area contributed by atoms with Gasteiger partial charge < -0.3 is 10.2 Å². The molecule has 1 aliphatic rings. The Balaban J connectivity index is 1.68. The number of likely N-dealkylation sites (tertiary alicyclic amines) is 1. The average molecular weight is 347 g/mol. The maximum Gasteiger partial charge on any atom is 0.275 e. The first kappa shape index (κ1) is 17.1. The number of amides is 1. The molecule has 0 aliphatic carbocycles. The van der Waals surface area contributed by atoms with Crippen molar-refractivity contribution in [2.24, 2.45) is 5.92 Å². The van der Waals surface area contributed by atoms with E-state index in [0.29, 0.717) is 6.54 Å². The van der Waals surface area contributed by atoms with Crippen molar-refractivity contribution in [1.82, 2.24) is 5.32 Å². The van der Waals surface area contributed by atoms with Crippen LogP contribution in [0.25, 0.3) is 0 Å². The lowest BCUT2D eigenvalue weighted by Gasteiger charge is -2.27. The third-order valence-corrected chi connectivity index (χ3v) is 5.67. The molecule has 0 saturated carbocycles. The van der Waals surface area contributed by atoms with Gasteiger partial charge in [-0.3, -0.25) is 4.79 Å². The first-order chi connectivity index (χ1) is 11.6. The van der Waals surface area contributed by atoms with E-state index >= 15 is 0 Å². The fraction of sp³-hybridized carbons (Fsp3) is 0.421. The molecule has 3 nitrogen and oxygen atoms in total. The lowest BCUT2D eigenvalue weighted by Crippen LogP contribution is -3.14. The fourth-order valence-electron chi connectivity index (χ4n) is 3.22. The Morgan fingerprint density at radius 1 is 1.29 bits per heavy atom. The molecule has 2 N–H and O–H groups in total. The minimum absolute atomic E-state index is 0.0577. The van der Waals surface area contributed by atoms with E-state index in [2.05, 4.69) is 12.2 Å². The summed E-state index contributed by atoms with van der Waals surface area (Å²) < 4.78 is 13.2. The zero-order chi connectivity index (χ0) is 16.9. The van der Waals surface area contributed by atoms with Crippen molar-refractivity contribution in [3.63, 3.8) is 0 Å². The molecule has 1 aliphatic heterocycles. The number of thiophene rings is 1. The molecule has 24 heavy (non-hydrogen) atoms. The second-order valence-electron chi connectivity index (χ2n) is 6.68. The van der Waals surface area contributed by atoms with Crippen molar-refractivity contribution >= 4 is 17.2 Å². The summed E-state index contributed by atoms with van der Waals surface area (Å²) in [4.78, 5) is 15.0. The molecule has 0 spiro atoms. The normalized spacial score (nSPS) is 22.1. The topological polar surface area (TPSA) is 33.5 Å². The number of carbonyl (C=O) groups is 1. The van der Waals surface area contributed by atoms with Crippen LogP contribution in [-0.4, -0.2) is 25.5 Å². The number of hydrogen-bond donors (Lipinski definition) is 2. The highest BCUT2D eigenvalue weighted by Gasteiger charge is 2.24. The monoisotopic (exact) mass is 347 g/mol. The van der Waals surface area contributed by atoms with Gasteiger partial charge in [0, 0.05) is 4.88 Å². The van der Waals surface area contributed by atoms with Crippen molar-refractivity contribution in [3.05, 3.63) is 58.0 Å². The summed E-state index contributed by atoms with van der Waals surface area (Å²) in [5.74, 6) is 0.569. The third kappa shape index (κ3) is 4.42. The van der Waals surface area contributed by atoms with Crippen LogP contribution < -0.4 is 10.2 Å². The van der Waals surface area contributed by atoms with Gasteiger partial charge in [-0.1, -0.05) is 25.1 Å². The van der Waals surface area contributed by atoms with Gasteiger partial charge in [-0.15, -0.1) is 11.3 Å². The number of hydrogen-bond acceptors (Lipinski definition) is 2. The molecular weight excluding hydrogens is 323 g/mol. The summed E-state index contributed by atoms with van der Waals surface area (Å²) in [6, 6.07) is 10.2. The Hall–Kier alpha value is -1.72. The van der Waals surface area contributed by atoms with Crippen LogP contribution in [0.3, 0.4) is 0 Å². The quantitative estimate of drug-likeness (QED) is 0.856. The zero-order valence-corrected chi connectivity index (χ0v) is 14.7. The fourth-order valence-corrected chi connectivity index (χ4v) is 4.02. The molecule has 1 fully saturated rings. The molecule has 1 amide bonds. The smallest absolute Gasteiger partial charge is 0.275 e. The van der Waals surface area contributed by atoms with E-state index in [0.717, 1.165) is 29.4 Å². The van der Waals surface area contributed by atoms with Crippen LogP contribution in [0.15, 0.2) is 41.8 Å². The number of benzene rings is 1. The molecule has 128 valence electrons. The Kier molecular flexibility index (Phi) is 5.63. The number of quaternary nitrogens is 1. The zero-order valence-electron chi connectivity index (χ0n) is 13.9. The molecule has 1 aromatic carbocycles. The van der Waals surface area contributed by atoms with Gasteiger partial charge in [-0.25, -0.2) is 4.39 Å². The van der Waals surface area contributed by atoms with Crippen LogP contribution in [-0.2, 0) is 4.79 Å². The summed E-state index contributed by atoms with van der Waals surface area (Å²) in [5, 5.41) is 5.14. The maximum atomic E-state index is 13.2. The Labute approximate surface area is 146 Å². The van der Waals surface area contributed by atoms with Crippen LogP contribution in [0, 0.1) is 11.7 Å². The highest BCUT2D eigenvalue weighted by Crippen LogP contribution is 2.26. The standard InChI is InChI=1S/C19H23FN2OS/c1-14-8-10-22(11-9-14)13-18(23)21-19(17-3-2-12-24-17)15-4-6-16(20)7-5-15/h2-7,12,14,19H,8-11,13H2,1H3,(H,21,23)/p+1/t19-/m0/s1. The predicted molar refractivity (Wildman–Crippen MR) is 94.7 cm³/mol. The molecule has 0 unspecified atom stereocenters. The molecular formula is C19H24FN2OS+. The molecule has 0 bridgehead atoms. The van der Waals surface area contributed by atoms with E-state index in [-0.39, 0.29) is 17.8 Å². The van der Waals surface area contributed by atoms with E-state index in [1.165, 1.54) is 29.9 Å². The van der Waals surface area contributed by atoms with E-state index in [9.17, 15) is 9.18 Å². The van der Waals surface area contributed by atoms with Gasteiger partial charge in [-0.05, 0) is 47.9 Å². The van der Waals surface area contributed by atoms with Crippen molar-refractivity contribution in [2.45, 2.75) is 25.8 Å². The first-order valence-electron chi connectivity index (χ1n) is 8.53. The summed E-state index contributed by atoms with van der Waals surface area (Å²) in [6.07, 6.45) is 2.38. The number of piperidine rings is 1. The summed E-state index contributed by atoms with van der Waals surface area (Å²) in [6.45, 7) is 4.91. The maximum absolute atomic E-state index is 13.2. The molecule has 5 heteroatoms. The summed E-state index contributed by atoms with van der Waals surface area (Å²) in [5.41, 5.74) is 0.912. The predicted octanol–water partition coefficient (Wildman–Crippen LogP) is 2.41. The number of rotatable bonds is 5. The third-order valence-electron chi connectivity index (χ3n) is 4.73. The molecule has 3 rings (SSSR count). The molecule has 1 saturated heterocycles. The number of halogens is 1. The number of nitrogens with one attached hydrogen (secondary N) is 2. The summed E-state index contributed by atoms with van der Waals surface area (Å²) in [7, 11) is 0.